The number of carbonyl (C=O) groups excluding carboxylic acids is 1. The lowest BCUT2D eigenvalue weighted by Gasteiger charge is -2.24. The van der Waals surface area contributed by atoms with Crippen LogP contribution in [0.25, 0.3) is 5.69 Å². The van der Waals surface area contributed by atoms with Gasteiger partial charge in [0.05, 0.1) is 19.0 Å². The summed E-state index contributed by atoms with van der Waals surface area (Å²) in [5.41, 5.74) is 2.27. The van der Waals surface area contributed by atoms with Crippen molar-refractivity contribution in [2.24, 2.45) is 0 Å². The zero-order valence-corrected chi connectivity index (χ0v) is 13.9. The molecular weight excluding hydrogens is 337 g/mol. The normalized spacial score (nSPS) is 16.1. The highest BCUT2D eigenvalue weighted by Crippen LogP contribution is 2.40. The topological polar surface area (TPSA) is 76.4 Å². The quantitative estimate of drug-likeness (QED) is 0.758. The van der Waals surface area contributed by atoms with Gasteiger partial charge < -0.3 is 15.2 Å². The summed E-state index contributed by atoms with van der Waals surface area (Å²) in [7, 11) is 1.48. The number of nitrogens with one attached hydrogen (secondary N) is 1. The molecule has 0 unspecified atom stereocenters. The number of rotatable bonds is 3. The molecule has 0 saturated heterocycles. The monoisotopic (exact) mass is 353 g/mol. The summed E-state index contributed by atoms with van der Waals surface area (Å²) in [6.45, 7) is 0. The van der Waals surface area contributed by atoms with Crippen LogP contribution in [-0.2, 0) is 4.79 Å². The van der Waals surface area contributed by atoms with Crippen molar-refractivity contribution in [2.75, 3.05) is 12.4 Å². The highest BCUT2D eigenvalue weighted by atomic mass is 19.1. The number of amides is 1. The van der Waals surface area contributed by atoms with Crippen LogP contribution in [0, 0.1) is 5.82 Å². The Morgan fingerprint density at radius 1 is 1.27 bits per heavy atom. The van der Waals surface area contributed by atoms with Gasteiger partial charge in [-0.2, -0.15) is 5.10 Å². The number of benzene rings is 2. The van der Waals surface area contributed by atoms with Crippen LogP contribution < -0.4 is 10.1 Å². The predicted molar refractivity (Wildman–Crippen MR) is 93.3 cm³/mol. The van der Waals surface area contributed by atoms with E-state index in [-0.39, 0.29) is 29.8 Å². The lowest BCUT2D eigenvalue weighted by molar-refractivity contribution is -0.116. The summed E-state index contributed by atoms with van der Waals surface area (Å²) < 4.78 is 19.8. The number of nitrogens with zero attached hydrogens (tertiary/aromatic N) is 2. The van der Waals surface area contributed by atoms with Crippen LogP contribution in [-0.4, -0.2) is 27.9 Å². The molecule has 0 radical (unpaired) electrons. The van der Waals surface area contributed by atoms with E-state index in [0.717, 1.165) is 11.1 Å². The number of aromatic hydroxyl groups is 1. The molecule has 4 rings (SSSR count). The molecule has 1 aromatic heterocycles. The van der Waals surface area contributed by atoms with Crippen LogP contribution in [0.3, 0.4) is 0 Å². The van der Waals surface area contributed by atoms with E-state index in [1.165, 1.54) is 19.2 Å². The van der Waals surface area contributed by atoms with E-state index in [0.29, 0.717) is 17.3 Å². The van der Waals surface area contributed by atoms with Gasteiger partial charge in [-0.15, -0.1) is 0 Å². The molecule has 2 N–H and O–H groups in total. The largest absolute Gasteiger partial charge is 0.504 e. The summed E-state index contributed by atoms with van der Waals surface area (Å²) in [6.07, 6.45) is 1.93. The number of halogens is 1. The van der Waals surface area contributed by atoms with E-state index in [2.05, 4.69) is 10.4 Å². The Morgan fingerprint density at radius 2 is 2.04 bits per heavy atom. The summed E-state index contributed by atoms with van der Waals surface area (Å²) in [4.78, 5) is 12.3. The standard InChI is InChI=1S/C19H16FN3O3/c1-26-17-7-2-11(8-16(17)24)14-9-18(25)22-19-15(14)10-21-23(19)13-5-3-12(20)4-6-13/h2-8,10,14,24H,9H2,1H3,(H,22,25)/t14-/m1/s1. The Labute approximate surface area is 148 Å². The minimum Gasteiger partial charge on any atom is -0.504 e. The van der Waals surface area contributed by atoms with Crippen molar-refractivity contribution in [1.82, 2.24) is 9.78 Å². The molecular formula is C19H16FN3O3. The van der Waals surface area contributed by atoms with Crippen LogP contribution in [0.15, 0.2) is 48.7 Å². The van der Waals surface area contributed by atoms with E-state index >= 15 is 0 Å². The van der Waals surface area contributed by atoms with Crippen LogP contribution in [0.5, 0.6) is 11.5 Å². The molecule has 0 fully saturated rings. The molecule has 0 saturated carbocycles. The third kappa shape index (κ3) is 2.67. The summed E-state index contributed by atoms with van der Waals surface area (Å²) in [5, 5.41) is 17.3. The number of aromatic nitrogens is 2. The van der Waals surface area contributed by atoms with Gasteiger partial charge in [0.15, 0.2) is 11.5 Å². The number of hydrogen-bond acceptors (Lipinski definition) is 4. The van der Waals surface area contributed by atoms with E-state index < -0.39 is 0 Å². The van der Waals surface area contributed by atoms with Gasteiger partial charge in [0.25, 0.3) is 0 Å². The number of anilines is 1. The number of phenolic OH excluding ortho intramolecular Hbond substituents is 1. The smallest absolute Gasteiger partial charge is 0.226 e. The highest BCUT2D eigenvalue weighted by molar-refractivity contribution is 5.94. The van der Waals surface area contributed by atoms with E-state index in [9.17, 15) is 14.3 Å². The fourth-order valence-electron chi connectivity index (χ4n) is 3.22. The maximum Gasteiger partial charge on any atom is 0.226 e. The van der Waals surface area contributed by atoms with Crippen molar-refractivity contribution >= 4 is 11.7 Å². The lowest BCUT2D eigenvalue weighted by atomic mass is 9.87. The van der Waals surface area contributed by atoms with Crippen LogP contribution in [0.4, 0.5) is 10.2 Å². The second kappa shape index (κ2) is 6.18. The van der Waals surface area contributed by atoms with Gasteiger partial charge in [-0.25, -0.2) is 9.07 Å². The molecule has 2 aromatic carbocycles. The van der Waals surface area contributed by atoms with Crippen molar-refractivity contribution < 1.29 is 19.0 Å². The maximum absolute atomic E-state index is 13.2. The summed E-state index contributed by atoms with van der Waals surface area (Å²) in [6, 6.07) is 11.0. The molecule has 2 heterocycles. The van der Waals surface area contributed by atoms with Crippen molar-refractivity contribution in [3.8, 4) is 17.2 Å². The molecule has 7 heteroatoms. The van der Waals surface area contributed by atoms with Gasteiger partial charge in [0, 0.05) is 17.9 Å². The first-order chi connectivity index (χ1) is 12.6. The van der Waals surface area contributed by atoms with Gasteiger partial charge in [-0.05, 0) is 42.0 Å². The van der Waals surface area contributed by atoms with Gasteiger partial charge >= 0.3 is 0 Å². The third-order valence-electron chi connectivity index (χ3n) is 4.50. The van der Waals surface area contributed by atoms with E-state index in [1.807, 2.05) is 6.07 Å². The zero-order chi connectivity index (χ0) is 18.3. The van der Waals surface area contributed by atoms with Crippen molar-refractivity contribution in [3.63, 3.8) is 0 Å². The number of carbonyl (C=O) groups is 1. The molecule has 1 aliphatic rings. The Morgan fingerprint density at radius 3 is 2.73 bits per heavy atom. The zero-order valence-electron chi connectivity index (χ0n) is 13.9. The lowest BCUT2D eigenvalue weighted by Crippen LogP contribution is -2.24. The van der Waals surface area contributed by atoms with E-state index in [4.69, 9.17) is 4.74 Å². The van der Waals surface area contributed by atoms with Crippen LogP contribution in [0.1, 0.15) is 23.5 Å². The Balaban J connectivity index is 1.78. The fourth-order valence-corrected chi connectivity index (χ4v) is 3.22. The van der Waals surface area contributed by atoms with Gasteiger partial charge in [0.1, 0.15) is 11.6 Å². The van der Waals surface area contributed by atoms with Crippen LogP contribution in [0.2, 0.25) is 0 Å². The highest BCUT2D eigenvalue weighted by Gasteiger charge is 2.30. The Kier molecular flexibility index (Phi) is 3.84. The number of hydrogen-bond donors (Lipinski definition) is 2. The third-order valence-corrected chi connectivity index (χ3v) is 4.50. The minimum atomic E-state index is -0.342. The first-order valence-electron chi connectivity index (χ1n) is 8.07. The molecule has 1 amide bonds. The number of ether oxygens (including phenoxy) is 1. The molecule has 1 aliphatic heterocycles. The first kappa shape index (κ1) is 16.1. The first-order valence-corrected chi connectivity index (χ1v) is 8.07. The molecule has 132 valence electrons. The molecule has 26 heavy (non-hydrogen) atoms. The summed E-state index contributed by atoms with van der Waals surface area (Å²) in [5.74, 6) is 0.199. The fraction of sp³-hybridized carbons (Fsp3) is 0.158. The van der Waals surface area contributed by atoms with Crippen molar-refractivity contribution in [3.05, 3.63) is 65.6 Å². The molecule has 1 atom stereocenters. The Hall–Kier alpha value is -3.35. The SMILES string of the molecule is COc1ccc([C@H]2CC(=O)Nc3c2cnn3-c2ccc(F)cc2)cc1O. The number of methoxy groups -OCH3 is 1. The Bertz CT molecular complexity index is 982. The van der Waals surface area contributed by atoms with Crippen molar-refractivity contribution in [1.29, 1.82) is 0 Å². The average Bonchev–Trinajstić information content (AvgIpc) is 3.05. The van der Waals surface area contributed by atoms with Crippen molar-refractivity contribution in [2.45, 2.75) is 12.3 Å². The van der Waals surface area contributed by atoms with Crippen LogP contribution >= 0.6 is 0 Å². The van der Waals surface area contributed by atoms with Gasteiger partial charge in [0.2, 0.25) is 5.91 Å². The number of phenols is 1. The molecule has 0 aliphatic carbocycles. The summed E-state index contributed by atoms with van der Waals surface area (Å²) >= 11 is 0. The second-order valence-corrected chi connectivity index (χ2v) is 6.07. The molecule has 0 bridgehead atoms. The van der Waals surface area contributed by atoms with Gasteiger partial charge in [-0.1, -0.05) is 6.07 Å². The maximum atomic E-state index is 13.2. The molecule has 0 spiro atoms. The molecule has 6 nitrogen and oxygen atoms in total. The molecule has 3 aromatic rings. The number of fused-ring (bicyclic) bond motifs is 1. The van der Waals surface area contributed by atoms with Gasteiger partial charge in [-0.3, -0.25) is 4.79 Å². The average molecular weight is 353 g/mol. The second-order valence-electron chi connectivity index (χ2n) is 6.07. The minimum absolute atomic E-state index is 0.0171. The van der Waals surface area contributed by atoms with E-state index in [1.54, 1.807) is 35.1 Å². The predicted octanol–water partition coefficient (Wildman–Crippen LogP) is 3.20.